The molecule has 1 aromatic carbocycles. The van der Waals surface area contributed by atoms with Gasteiger partial charge in [-0.3, -0.25) is 9.69 Å². The maximum absolute atomic E-state index is 12.9. The largest absolute Gasteiger partial charge is 0.460 e. The molecule has 1 aromatic rings. The van der Waals surface area contributed by atoms with E-state index in [2.05, 4.69) is 10.6 Å². The Morgan fingerprint density at radius 1 is 1.28 bits per heavy atom. The van der Waals surface area contributed by atoms with E-state index in [9.17, 15) is 14.4 Å². The van der Waals surface area contributed by atoms with Gasteiger partial charge < -0.3 is 20.1 Å². The maximum atomic E-state index is 12.9. The predicted molar refractivity (Wildman–Crippen MR) is 109 cm³/mol. The van der Waals surface area contributed by atoms with E-state index in [1.54, 1.807) is 36.1 Å². The Morgan fingerprint density at radius 3 is 2.69 bits per heavy atom. The molecule has 3 amide bonds. The number of ether oxygens (including phenoxy) is 2. The molecule has 2 rings (SSSR count). The lowest BCUT2D eigenvalue weighted by molar-refractivity contribution is -0.141. The van der Waals surface area contributed by atoms with Gasteiger partial charge in [0.1, 0.15) is 6.61 Å². The van der Waals surface area contributed by atoms with Gasteiger partial charge in [0.05, 0.1) is 18.2 Å². The third kappa shape index (κ3) is 5.80. The molecule has 1 aliphatic heterocycles. The van der Waals surface area contributed by atoms with E-state index < -0.39 is 12.0 Å². The van der Waals surface area contributed by atoms with Gasteiger partial charge in [-0.1, -0.05) is 25.5 Å². The number of hydrogen-bond donors (Lipinski definition) is 2. The zero-order valence-corrected chi connectivity index (χ0v) is 17.4. The number of carbonyl (C=O) groups excluding carboxylic acids is 3. The maximum Gasteiger partial charge on any atom is 0.338 e. The van der Waals surface area contributed by atoms with Gasteiger partial charge in [0.15, 0.2) is 0 Å². The number of allylic oxidation sites excluding steroid dienone is 1. The van der Waals surface area contributed by atoms with Gasteiger partial charge in [0, 0.05) is 32.0 Å². The summed E-state index contributed by atoms with van der Waals surface area (Å²) in [5.74, 6) is -0.706. The third-order valence-electron chi connectivity index (χ3n) is 4.61. The first-order valence-electron chi connectivity index (χ1n) is 9.71. The van der Waals surface area contributed by atoms with Gasteiger partial charge in [0.25, 0.3) is 0 Å². The summed E-state index contributed by atoms with van der Waals surface area (Å²) in [6, 6.07) is 6.11. The molecular weight excluding hydrogens is 374 g/mol. The molecule has 0 aromatic heterocycles. The summed E-state index contributed by atoms with van der Waals surface area (Å²) in [6.07, 6.45) is 1.74. The Balaban J connectivity index is 2.42. The van der Waals surface area contributed by atoms with Crippen LogP contribution in [0.25, 0.3) is 0 Å². The van der Waals surface area contributed by atoms with Gasteiger partial charge in [-0.2, -0.15) is 0 Å². The molecule has 1 aliphatic rings. The van der Waals surface area contributed by atoms with Crippen molar-refractivity contribution in [1.29, 1.82) is 0 Å². The predicted octanol–water partition coefficient (Wildman–Crippen LogP) is 2.98. The molecule has 29 heavy (non-hydrogen) atoms. The summed E-state index contributed by atoms with van der Waals surface area (Å²) in [5.41, 5.74) is 2.21. The number of urea groups is 1. The number of nitrogens with zero attached hydrogens (tertiary/aromatic N) is 1. The molecule has 0 aliphatic carbocycles. The van der Waals surface area contributed by atoms with Crippen molar-refractivity contribution in [2.45, 2.75) is 39.7 Å². The number of nitrogens with one attached hydrogen (secondary N) is 2. The standard InChI is InChI=1S/C21H29N3O5/c1-5-6-10-24-14(2)18(20(26)29-12-11-28-4)19(23-21(24)27)16-8-7-9-17(13-16)22-15(3)25/h7-9,13,19H,5-6,10-12H2,1-4H3,(H,22,25)(H,23,27)/t19-/m0/s1. The third-order valence-corrected chi connectivity index (χ3v) is 4.61. The van der Waals surface area contributed by atoms with Crippen LogP contribution in [0.5, 0.6) is 0 Å². The van der Waals surface area contributed by atoms with Gasteiger partial charge >= 0.3 is 12.0 Å². The number of unbranched alkanes of at least 4 members (excludes halogenated alkanes) is 1. The molecule has 0 spiro atoms. The van der Waals surface area contributed by atoms with Crippen LogP contribution in [0, 0.1) is 0 Å². The van der Waals surface area contributed by atoms with Gasteiger partial charge in [-0.05, 0) is 31.0 Å². The summed E-state index contributed by atoms with van der Waals surface area (Å²) in [7, 11) is 1.53. The minimum atomic E-state index is -0.677. The van der Waals surface area contributed by atoms with E-state index in [4.69, 9.17) is 9.47 Å². The van der Waals surface area contributed by atoms with Crippen LogP contribution in [0.4, 0.5) is 10.5 Å². The number of hydrogen-bond acceptors (Lipinski definition) is 5. The van der Waals surface area contributed by atoms with Gasteiger partial charge in [-0.15, -0.1) is 0 Å². The molecule has 1 atom stereocenters. The minimum absolute atomic E-state index is 0.119. The molecule has 1 heterocycles. The van der Waals surface area contributed by atoms with Crippen LogP contribution in [0.3, 0.4) is 0 Å². The first kappa shape index (κ1) is 22.4. The first-order valence-corrected chi connectivity index (χ1v) is 9.71. The highest BCUT2D eigenvalue weighted by Gasteiger charge is 2.36. The van der Waals surface area contributed by atoms with E-state index >= 15 is 0 Å². The average Bonchev–Trinajstić information content (AvgIpc) is 2.67. The van der Waals surface area contributed by atoms with Gasteiger partial charge in [0.2, 0.25) is 5.91 Å². The zero-order chi connectivity index (χ0) is 21.4. The highest BCUT2D eigenvalue weighted by molar-refractivity contribution is 5.95. The number of amides is 3. The van der Waals surface area contributed by atoms with Crippen LogP contribution in [0.15, 0.2) is 35.5 Å². The van der Waals surface area contributed by atoms with Crippen molar-refractivity contribution >= 4 is 23.6 Å². The Kier molecular flexibility index (Phi) is 8.21. The zero-order valence-electron chi connectivity index (χ0n) is 17.4. The summed E-state index contributed by atoms with van der Waals surface area (Å²) in [4.78, 5) is 38.6. The quantitative estimate of drug-likeness (QED) is 0.488. The molecule has 158 valence electrons. The topological polar surface area (TPSA) is 97.0 Å². The lowest BCUT2D eigenvalue weighted by atomic mass is 9.94. The first-order chi connectivity index (χ1) is 13.9. The van der Waals surface area contributed by atoms with Crippen molar-refractivity contribution in [3.8, 4) is 0 Å². The molecule has 8 heteroatoms. The Bertz CT molecular complexity index is 790. The van der Waals surface area contributed by atoms with Crippen LogP contribution >= 0.6 is 0 Å². The van der Waals surface area contributed by atoms with Gasteiger partial charge in [-0.25, -0.2) is 9.59 Å². The second kappa shape index (κ2) is 10.6. The number of esters is 1. The number of benzene rings is 1. The van der Waals surface area contributed by atoms with E-state index in [1.807, 2.05) is 6.92 Å². The fourth-order valence-electron chi connectivity index (χ4n) is 3.18. The molecule has 0 saturated carbocycles. The van der Waals surface area contributed by atoms with Crippen LogP contribution in [0.1, 0.15) is 45.2 Å². The number of rotatable bonds is 9. The van der Waals surface area contributed by atoms with Crippen molar-refractivity contribution in [3.63, 3.8) is 0 Å². The van der Waals surface area contributed by atoms with Crippen molar-refractivity contribution < 1.29 is 23.9 Å². The van der Waals surface area contributed by atoms with Crippen LogP contribution in [-0.4, -0.2) is 49.7 Å². The second-order valence-electron chi connectivity index (χ2n) is 6.82. The van der Waals surface area contributed by atoms with E-state index in [-0.39, 0.29) is 25.2 Å². The molecule has 0 saturated heterocycles. The van der Waals surface area contributed by atoms with Crippen molar-refractivity contribution in [2.24, 2.45) is 0 Å². The smallest absolute Gasteiger partial charge is 0.338 e. The molecule has 0 bridgehead atoms. The summed E-state index contributed by atoms with van der Waals surface area (Å²) in [6.45, 7) is 6.13. The highest BCUT2D eigenvalue weighted by atomic mass is 16.6. The normalized spacial score (nSPS) is 16.5. The molecule has 0 radical (unpaired) electrons. The van der Waals surface area contributed by atoms with Crippen LogP contribution in [-0.2, 0) is 19.1 Å². The molecule has 0 unspecified atom stereocenters. The van der Waals surface area contributed by atoms with E-state index in [1.165, 1.54) is 14.0 Å². The van der Waals surface area contributed by atoms with Crippen molar-refractivity contribution in [1.82, 2.24) is 10.2 Å². The molecular formula is C21H29N3O5. The van der Waals surface area contributed by atoms with Crippen LogP contribution < -0.4 is 10.6 Å². The molecule has 0 fully saturated rings. The van der Waals surface area contributed by atoms with Crippen LogP contribution in [0.2, 0.25) is 0 Å². The Labute approximate surface area is 171 Å². The SMILES string of the molecule is CCCCN1C(=O)N[C@@H](c2cccc(NC(C)=O)c2)C(C(=O)OCCOC)=C1C. The highest BCUT2D eigenvalue weighted by Crippen LogP contribution is 2.32. The lowest BCUT2D eigenvalue weighted by Gasteiger charge is -2.35. The summed E-state index contributed by atoms with van der Waals surface area (Å²) in [5, 5.41) is 5.63. The van der Waals surface area contributed by atoms with Crippen molar-refractivity contribution in [2.75, 3.05) is 32.2 Å². The number of methoxy groups -OCH3 is 1. The monoisotopic (exact) mass is 403 g/mol. The molecule has 2 N–H and O–H groups in total. The Hall–Kier alpha value is -2.87. The number of anilines is 1. The Morgan fingerprint density at radius 2 is 2.03 bits per heavy atom. The van der Waals surface area contributed by atoms with E-state index in [0.29, 0.717) is 29.1 Å². The summed E-state index contributed by atoms with van der Waals surface area (Å²) >= 11 is 0. The fraction of sp³-hybridized carbons (Fsp3) is 0.476. The lowest BCUT2D eigenvalue weighted by Crippen LogP contribution is -2.48. The average molecular weight is 403 g/mol. The second-order valence-corrected chi connectivity index (χ2v) is 6.82. The fourth-order valence-corrected chi connectivity index (χ4v) is 3.18. The minimum Gasteiger partial charge on any atom is -0.460 e. The molecule has 8 nitrogen and oxygen atoms in total. The van der Waals surface area contributed by atoms with E-state index in [0.717, 1.165) is 12.8 Å². The summed E-state index contributed by atoms with van der Waals surface area (Å²) < 4.78 is 10.3. The number of carbonyl (C=O) groups is 3. The van der Waals surface area contributed by atoms with Crippen molar-refractivity contribution in [3.05, 3.63) is 41.1 Å².